The van der Waals surface area contributed by atoms with Crippen LogP contribution in [0.2, 0.25) is 0 Å². The first-order valence-corrected chi connectivity index (χ1v) is 11.8. The van der Waals surface area contributed by atoms with Crippen molar-refractivity contribution < 1.29 is 35.0 Å². The van der Waals surface area contributed by atoms with Crippen LogP contribution in [0.15, 0.2) is 48.5 Å². The van der Waals surface area contributed by atoms with E-state index in [9.17, 15) is 5.11 Å². The van der Waals surface area contributed by atoms with Crippen molar-refractivity contribution in [3.8, 4) is 0 Å². The van der Waals surface area contributed by atoms with Crippen molar-refractivity contribution in [2.75, 3.05) is 13.7 Å². The second-order valence-electron chi connectivity index (χ2n) is 10.6. The normalized spacial score (nSPS) is 23.2. The molecule has 0 spiro atoms. The van der Waals surface area contributed by atoms with Crippen LogP contribution in [0, 0.1) is 5.41 Å². The standard InChI is InChI=1S/C28H32BNO3.Re/c1-28(2,3)13-16-11-18-7-5-17-6-8-20(21-10-9-19(12-16)23(18)24(17)21)15-32-26-25(30-4)22(14-31)33-27(26)29;/h5-12,22,25-27,30-31H,13-15H2,1-4H3;. The molecule has 1 saturated heterocycles. The molecule has 3 radical (unpaired) electrons. The molecule has 4 unspecified atom stereocenters. The molecule has 177 valence electrons. The van der Waals surface area contributed by atoms with E-state index in [2.05, 4.69) is 74.6 Å². The molecule has 34 heavy (non-hydrogen) atoms. The predicted octanol–water partition coefficient (Wildman–Crippen LogP) is 4.53. The van der Waals surface area contributed by atoms with E-state index in [0.29, 0.717) is 6.61 Å². The molecular weight excluding hydrogens is 595 g/mol. The maximum Gasteiger partial charge on any atom is 0.112 e. The van der Waals surface area contributed by atoms with Gasteiger partial charge in [0, 0.05) is 26.4 Å². The monoisotopic (exact) mass is 628 g/mol. The van der Waals surface area contributed by atoms with Gasteiger partial charge in [-0.25, -0.2) is 0 Å². The van der Waals surface area contributed by atoms with Crippen molar-refractivity contribution in [2.45, 2.75) is 58.1 Å². The first kappa shape index (κ1) is 25.6. The van der Waals surface area contributed by atoms with E-state index in [0.717, 1.165) is 12.0 Å². The molecule has 5 rings (SSSR count). The second-order valence-corrected chi connectivity index (χ2v) is 10.6. The molecule has 1 aliphatic rings. The SMILES string of the molecule is [B]C1OC(CO)C(NC)C1OCc1ccc2ccc3cc(CC(C)(C)C)cc4ccc1c2c34.[Re]. The van der Waals surface area contributed by atoms with E-state index >= 15 is 0 Å². The van der Waals surface area contributed by atoms with Gasteiger partial charge in [-0.3, -0.25) is 0 Å². The number of ether oxygens (including phenoxy) is 2. The molecule has 1 aliphatic heterocycles. The fourth-order valence-electron chi connectivity index (χ4n) is 5.46. The minimum absolute atomic E-state index is 0. The number of likely N-dealkylation sites (N-methyl/N-ethyl adjacent to an activating group) is 1. The average molecular weight is 628 g/mol. The average Bonchev–Trinajstić information content (AvgIpc) is 3.09. The van der Waals surface area contributed by atoms with Gasteiger partial charge in [-0.15, -0.1) is 0 Å². The van der Waals surface area contributed by atoms with E-state index in [1.54, 1.807) is 0 Å². The molecule has 4 aromatic rings. The van der Waals surface area contributed by atoms with Gasteiger partial charge in [0.15, 0.2) is 0 Å². The number of nitrogens with one attached hydrogen (secondary N) is 1. The predicted molar refractivity (Wildman–Crippen MR) is 136 cm³/mol. The maximum absolute atomic E-state index is 9.59. The van der Waals surface area contributed by atoms with Gasteiger partial charge in [0.05, 0.1) is 31.5 Å². The van der Waals surface area contributed by atoms with Crippen LogP contribution in [-0.4, -0.2) is 50.9 Å². The summed E-state index contributed by atoms with van der Waals surface area (Å²) in [5, 5.41) is 20.4. The zero-order valence-corrected chi connectivity index (χ0v) is 23.0. The first-order valence-electron chi connectivity index (χ1n) is 11.8. The van der Waals surface area contributed by atoms with E-state index < -0.39 is 6.00 Å². The zero-order chi connectivity index (χ0) is 23.3. The van der Waals surface area contributed by atoms with Gasteiger partial charge < -0.3 is 19.9 Å². The van der Waals surface area contributed by atoms with Crippen LogP contribution in [0.1, 0.15) is 31.9 Å². The molecule has 0 saturated carbocycles. The number of hydrogen-bond donors (Lipinski definition) is 2. The van der Waals surface area contributed by atoms with Crippen LogP contribution in [0.5, 0.6) is 0 Å². The zero-order valence-electron chi connectivity index (χ0n) is 20.3. The molecule has 1 fully saturated rings. The van der Waals surface area contributed by atoms with Gasteiger partial charge >= 0.3 is 0 Å². The van der Waals surface area contributed by atoms with Crippen molar-refractivity contribution >= 4 is 40.2 Å². The summed E-state index contributed by atoms with van der Waals surface area (Å²) in [6.45, 7) is 7.19. The van der Waals surface area contributed by atoms with Gasteiger partial charge in [-0.1, -0.05) is 69.3 Å². The number of rotatable bonds is 6. The summed E-state index contributed by atoms with van der Waals surface area (Å²) in [7, 11) is 8.01. The Morgan fingerprint density at radius 3 is 2.29 bits per heavy atom. The fraction of sp³-hybridized carbons (Fsp3) is 0.429. The molecule has 4 atom stereocenters. The molecule has 2 N–H and O–H groups in total. The van der Waals surface area contributed by atoms with Crippen molar-refractivity contribution in [1.29, 1.82) is 0 Å². The number of hydrogen-bond acceptors (Lipinski definition) is 4. The molecule has 6 heteroatoms. The molecule has 1 heterocycles. The summed E-state index contributed by atoms with van der Waals surface area (Å²) in [6.07, 6.45) is 0.359. The van der Waals surface area contributed by atoms with Crippen molar-refractivity contribution in [1.82, 2.24) is 5.32 Å². The van der Waals surface area contributed by atoms with Gasteiger partial charge in [-0.2, -0.15) is 0 Å². The van der Waals surface area contributed by atoms with Crippen LogP contribution < -0.4 is 5.32 Å². The summed E-state index contributed by atoms with van der Waals surface area (Å²) in [5.74, 6) is 0. The Kier molecular flexibility index (Phi) is 7.42. The minimum atomic E-state index is -0.569. The third kappa shape index (κ3) is 4.65. The van der Waals surface area contributed by atoms with Gasteiger partial charge in [0.2, 0.25) is 0 Å². The summed E-state index contributed by atoms with van der Waals surface area (Å²) >= 11 is 0. The second kappa shape index (κ2) is 9.86. The molecule has 0 bridgehead atoms. The third-order valence-corrected chi connectivity index (χ3v) is 6.84. The van der Waals surface area contributed by atoms with E-state index in [1.807, 2.05) is 7.05 Å². The Morgan fingerprint density at radius 1 is 1.00 bits per heavy atom. The minimum Gasteiger partial charge on any atom is -0.394 e. The Labute approximate surface area is 216 Å². The van der Waals surface area contributed by atoms with E-state index in [4.69, 9.17) is 17.3 Å². The van der Waals surface area contributed by atoms with Gasteiger partial charge in [0.1, 0.15) is 7.85 Å². The Balaban J connectivity index is 0.00000274. The Bertz CT molecular complexity index is 1270. The number of aliphatic hydroxyl groups excluding tert-OH is 1. The smallest absolute Gasteiger partial charge is 0.112 e. The van der Waals surface area contributed by atoms with Crippen molar-refractivity contribution in [3.05, 3.63) is 59.7 Å². The quantitative estimate of drug-likeness (QED) is 0.244. The molecular formula is C28H32BNO3Re. The van der Waals surface area contributed by atoms with E-state index in [1.165, 1.54) is 37.9 Å². The summed E-state index contributed by atoms with van der Waals surface area (Å²) in [6, 6.07) is 17.2. The first-order chi connectivity index (χ1) is 15.8. The van der Waals surface area contributed by atoms with Gasteiger partial charge in [0.25, 0.3) is 0 Å². The maximum atomic E-state index is 9.59. The largest absolute Gasteiger partial charge is 0.394 e. The summed E-state index contributed by atoms with van der Waals surface area (Å²) in [4.78, 5) is 0. The molecule has 4 aromatic carbocycles. The number of aliphatic hydroxyl groups is 1. The topological polar surface area (TPSA) is 50.7 Å². The van der Waals surface area contributed by atoms with Gasteiger partial charge in [-0.05, 0) is 62.3 Å². The van der Waals surface area contributed by atoms with Crippen molar-refractivity contribution in [3.63, 3.8) is 0 Å². The molecule has 0 aromatic heterocycles. The molecule has 0 amide bonds. The summed E-state index contributed by atoms with van der Waals surface area (Å²) < 4.78 is 12.0. The van der Waals surface area contributed by atoms with Crippen LogP contribution in [0.3, 0.4) is 0 Å². The Hall–Kier alpha value is -1.51. The fourth-order valence-corrected chi connectivity index (χ4v) is 5.46. The molecule has 0 aliphatic carbocycles. The third-order valence-electron chi connectivity index (χ3n) is 6.84. The van der Waals surface area contributed by atoms with Crippen LogP contribution in [0.4, 0.5) is 0 Å². The van der Waals surface area contributed by atoms with Crippen molar-refractivity contribution in [2.24, 2.45) is 5.41 Å². The van der Waals surface area contributed by atoms with Crippen LogP contribution in [-0.2, 0) is 42.9 Å². The van der Waals surface area contributed by atoms with Crippen LogP contribution >= 0.6 is 0 Å². The van der Waals surface area contributed by atoms with E-state index in [-0.39, 0.29) is 50.7 Å². The Morgan fingerprint density at radius 2 is 1.65 bits per heavy atom. The molecule has 4 nitrogen and oxygen atoms in total. The number of benzene rings is 4. The van der Waals surface area contributed by atoms with Crippen LogP contribution in [0.25, 0.3) is 32.3 Å². The summed E-state index contributed by atoms with van der Waals surface area (Å²) in [5.41, 5.74) is 2.75.